The van der Waals surface area contributed by atoms with E-state index in [1.54, 1.807) is 0 Å². The molecule has 0 saturated carbocycles. The molecule has 1 heterocycles. The minimum atomic E-state index is -0.532. The summed E-state index contributed by atoms with van der Waals surface area (Å²) in [7, 11) is 0. The van der Waals surface area contributed by atoms with Crippen LogP contribution in [-0.4, -0.2) is 33.0 Å². The number of nitrogens with one attached hydrogen (secondary N) is 3. The normalized spacial score (nSPS) is 12.2. The fourth-order valence-electron chi connectivity index (χ4n) is 1.35. The van der Waals surface area contributed by atoms with Gasteiger partial charge in [0.25, 0.3) is 0 Å². The van der Waals surface area contributed by atoms with Crippen LogP contribution >= 0.6 is 0 Å². The quantitative estimate of drug-likeness (QED) is 0.649. The van der Waals surface area contributed by atoms with Crippen molar-refractivity contribution in [3.8, 4) is 0 Å². The van der Waals surface area contributed by atoms with Crippen molar-refractivity contribution < 1.29 is 9.59 Å². The van der Waals surface area contributed by atoms with Gasteiger partial charge in [-0.05, 0) is 5.92 Å². The number of amides is 2. The Hall–Kier alpha value is -1.92. The minimum Gasteiger partial charge on any atom is -0.347 e. The van der Waals surface area contributed by atoms with E-state index in [4.69, 9.17) is 0 Å². The zero-order valence-electron chi connectivity index (χ0n) is 10.2. The molecule has 7 nitrogen and oxygen atoms in total. The summed E-state index contributed by atoms with van der Waals surface area (Å²) in [6.07, 6.45) is 1.37. The van der Waals surface area contributed by atoms with Gasteiger partial charge < -0.3 is 10.6 Å². The van der Waals surface area contributed by atoms with E-state index in [-0.39, 0.29) is 24.3 Å². The van der Waals surface area contributed by atoms with E-state index < -0.39 is 6.04 Å². The molecule has 0 bridgehead atoms. The van der Waals surface area contributed by atoms with E-state index in [2.05, 4.69) is 25.8 Å². The van der Waals surface area contributed by atoms with Crippen LogP contribution in [0.15, 0.2) is 6.33 Å². The van der Waals surface area contributed by atoms with Crippen molar-refractivity contribution in [1.29, 1.82) is 0 Å². The number of rotatable bonds is 5. The molecule has 1 unspecified atom stereocenters. The molecule has 7 heteroatoms. The first-order chi connectivity index (χ1) is 8.00. The maximum Gasteiger partial charge on any atom is 0.243 e. The molecule has 1 aromatic heterocycles. The first-order valence-electron chi connectivity index (χ1n) is 5.39. The molecule has 2 amide bonds. The standard InChI is InChI=1S/C10H17N5O2/c1-6(2)9(14-7(3)16)10(17)11-4-8-12-5-13-15-8/h5-6,9H,4H2,1-3H3,(H,11,17)(H,14,16)(H,12,13,15). The van der Waals surface area contributed by atoms with Crippen LogP contribution in [0.3, 0.4) is 0 Å². The third kappa shape index (κ3) is 4.21. The molecule has 1 aromatic rings. The fourth-order valence-corrected chi connectivity index (χ4v) is 1.35. The highest BCUT2D eigenvalue weighted by molar-refractivity contribution is 5.86. The van der Waals surface area contributed by atoms with Gasteiger partial charge in [-0.3, -0.25) is 14.7 Å². The second kappa shape index (κ2) is 5.97. The Labute approximate surface area is 99.4 Å². The lowest BCUT2D eigenvalue weighted by Gasteiger charge is -2.20. The molecule has 0 saturated heterocycles. The molecule has 3 N–H and O–H groups in total. The Morgan fingerprint density at radius 2 is 2.18 bits per heavy atom. The van der Waals surface area contributed by atoms with E-state index >= 15 is 0 Å². The monoisotopic (exact) mass is 239 g/mol. The fraction of sp³-hybridized carbons (Fsp3) is 0.600. The maximum absolute atomic E-state index is 11.8. The van der Waals surface area contributed by atoms with E-state index in [1.165, 1.54) is 13.3 Å². The highest BCUT2D eigenvalue weighted by Gasteiger charge is 2.22. The highest BCUT2D eigenvalue weighted by Crippen LogP contribution is 2.02. The second-order valence-corrected chi connectivity index (χ2v) is 4.07. The summed E-state index contributed by atoms with van der Waals surface area (Å²) in [5, 5.41) is 11.6. The van der Waals surface area contributed by atoms with Gasteiger partial charge in [0, 0.05) is 6.92 Å². The number of carbonyl (C=O) groups excluding carboxylic acids is 2. The average Bonchev–Trinajstić information content (AvgIpc) is 2.74. The minimum absolute atomic E-state index is 0.0219. The lowest BCUT2D eigenvalue weighted by atomic mass is 10.0. The van der Waals surface area contributed by atoms with Gasteiger partial charge in [-0.2, -0.15) is 5.10 Å². The molecule has 94 valence electrons. The van der Waals surface area contributed by atoms with Crippen LogP contribution in [0.5, 0.6) is 0 Å². The molecule has 0 aliphatic carbocycles. The Morgan fingerprint density at radius 1 is 1.47 bits per heavy atom. The van der Waals surface area contributed by atoms with Crippen molar-refractivity contribution in [2.45, 2.75) is 33.4 Å². The maximum atomic E-state index is 11.8. The predicted molar refractivity (Wildman–Crippen MR) is 60.7 cm³/mol. The van der Waals surface area contributed by atoms with Crippen LogP contribution in [0.25, 0.3) is 0 Å². The summed E-state index contributed by atoms with van der Waals surface area (Å²) < 4.78 is 0. The molecule has 0 aromatic carbocycles. The largest absolute Gasteiger partial charge is 0.347 e. The molecule has 0 fully saturated rings. The zero-order chi connectivity index (χ0) is 12.8. The van der Waals surface area contributed by atoms with Gasteiger partial charge in [-0.25, -0.2) is 4.98 Å². The molecule has 0 aliphatic rings. The summed E-state index contributed by atoms with van der Waals surface area (Å²) in [6, 6.07) is -0.532. The molecular weight excluding hydrogens is 222 g/mol. The van der Waals surface area contributed by atoms with E-state index in [0.29, 0.717) is 5.82 Å². The van der Waals surface area contributed by atoms with Gasteiger partial charge in [0.15, 0.2) is 0 Å². The van der Waals surface area contributed by atoms with Gasteiger partial charge in [0.2, 0.25) is 11.8 Å². The molecule has 1 rings (SSSR count). The molecular formula is C10H17N5O2. The summed E-state index contributed by atoms with van der Waals surface area (Å²) in [6.45, 7) is 5.39. The Kier molecular flexibility index (Phi) is 4.62. The molecule has 0 radical (unpaired) electrons. The van der Waals surface area contributed by atoms with Gasteiger partial charge in [0.1, 0.15) is 18.2 Å². The van der Waals surface area contributed by atoms with Crippen LogP contribution in [0, 0.1) is 5.92 Å². The summed E-state index contributed by atoms with van der Waals surface area (Å²) in [5.41, 5.74) is 0. The molecule has 1 atom stereocenters. The number of carbonyl (C=O) groups is 2. The third-order valence-electron chi connectivity index (χ3n) is 2.20. The van der Waals surface area contributed by atoms with Crippen molar-refractivity contribution >= 4 is 11.8 Å². The lowest BCUT2D eigenvalue weighted by Crippen LogP contribution is -2.48. The van der Waals surface area contributed by atoms with Crippen LogP contribution in [-0.2, 0) is 16.1 Å². The van der Waals surface area contributed by atoms with Crippen molar-refractivity contribution in [1.82, 2.24) is 25.8 Å². The second-order valence-electron chi connectivity index (χ2n) is 4.07. The smallest absolute Gasteiger partial charge is 0.243 e. The van der Waals surface area contributed by atoms with E-state index in [0.717, 1.165) is 0 Å². The zero-order valence-corrected chi connectivity index (χ0v) is 10.2. The molecule has 0 aliphatic heterocycles. The van der Waals surface area contributed by atoms with Gasteiger partial charge >= 0.3 is 0 Å². The molecule has 0 spiro atoms. The predicted octanol–water partition coefficient (Wildman–Crippen LogP) is -0.418. The SMILES string of the molecule is CC(=O)NC(C(=O)NCc1ncn[nH]1)C(C)C. The number of aromatic amines is 1. The van der Waals surface area contributed by atoms with Crippen LogP contribution in [0.2, 0.25) is 0 Å². The van der Waals surface area contributed by atoms with Crippen molar-refractivity contribution in [2.75, 3.05) is 0 Å². The number of nitrogens with zero attached hydrogens (tertiary/aromatic N) is 2. The first kappa shape index (κ1) is 13.1. The first-order valence-corrected chi connectivity index (χ1v) is 5.39. The number of H-pyrrole nitrogens is 1. The topological polar surface area (TPSA) is 99.8 Å². The average molecular weight is 239 g/mol. The van der Waals surface area contributed by atoms with E-state index in [1.807, 2.05) is 13.8 Å². The molecule has 17 heavy (non-hydrogen) atoms. The van der Waals surface area contributed by atoms with Crippen molar-refractivity contribution in [3.63, 3.8) is 0 Å². The Morgan fingerprint density at radius 3 is 2.65 bits per heavy atom. The Balaban J connectivity index is 2.50. The van der Waals surface area contributed by atoms with Crippen molar-refractivity contribution in [2.24, 2.45) is 5.92 Å². The highest BCUT2D eigenvalue weighted by atomic mass is 16.2. The number of aromatic nitrogens is 3. The Bertz CT molecular complexity index is 374. The number of hydrogen-bond acceptors (Lipinski definition) is 4. The lowest BCUT2D eigenvalue weighted by molar-refractivity contribution is -0.129. The number of hydrogen-bond donors (Lipinski definition) is 3. The summed E-state index contributed by atoms with van der Waals surface area (Å²) in [5.74, 6) is 0.141. The van der Waals surface area contributed by atoms with E-state index in [9.17, 15) is 9.59 Å². The van der Waals surface area contributed by atoms with Gasteiger partial charge in [-0.1, -0.05) is 13.8 Å². The third-order valence-corrected chi connectivity index (χ3v) is 2.20. The van der Waals surface area contributed by atoms with Crippen LogP contribution in [0.4, 0.5) is 0 Å². The van der Waals surface area contributed by atoms with Crippen molar-refractivity contribution in [3.05, 3.63) is 12.2 Å². The van der Waals surface area contributed by atoms with Crippen LogP contribution < -0.4 is 10.6 Å². The van der Waals surface area contributed by atoms with Gasteiger partial charge in [-0.15, -0.1) is 0 Å². The summed E-state index contributed by atoms with van der Waals surface area (Å²) in [4.78, 5) is 26.7. The van der Waals surface area contributed by atoms with Gasteiger partial charge in [0.05, 0.1) is 6.54 Å². The summed E-state index contributed by atoms with van der Waals surface area (Å²) >= 11 is 0. The van der Waals surface area contributed by atoms with Crippen LogP contribution in [0.1, 0.15) is 26.6 Å².